The van der Waals surface area contributed by atoms with Crippen LogP contribution in [0.25, 0.3) is 22.8 Å². The Bertz CT molecular complexity index is 1350. The van der Waals surface area contributed by atoms with Gasteiger partial charge in [0.1, 0.15) is 11.5 Å². The van der Waals surface area contributed by atoms with Gasteiger partial charge in [0, 0.05) is 17.2 Å². The molecule has 164 valence electrons. The lowest BCUT2D eigenvalue weighted by molar-refractivity contribution is 0.395. The first-order valence-corrected chi connectivity index (χ1v) is 11.1. The maximum atomic E-state index is 13.0. The zero-order valence-corrected chi connectivity index (χ0v) is 18.5. The summed E-state index contributed by atoms with van der Waals surface area (Å²) in [6.45, 7) is 1.99. The molecule has 3 aromatic carbocycles. The lowest BCUT2D eigenvalue weighted by atomic mass is 10.1. The van der Waals surface area contributed by atoms with E-state index in [-0.39, 0.29) is 16.5 Å². The largest absolute Gasteiger partial charge is 0.497 e. The Kier molecular flexibility index (Phi) is 5.83. The predicted molar refractivity (Wildman–Crippen MR) is 120 cm³/mol. The molecule has 4 rings (SSSR count). The number of nitrogens with one attached hydrogen (secondary N) is 1. The summed E-state index contributed by atoms with van der Waals surface area (Å²) in [5.74, 6) is 1.53. The summed E-state index contributed by atoms with van der Waals surface area (Å²) < 4.78 is 44.3. The van der Waals surface area contributed by atoms with Gasteiger partial charge in [-0.3, -0.25) is 4.72 Å². The van der Waals surface area contributed by atoms with Gasteiger partial charge in [0.2, 0.25) is 5.82 Å². The van der Waals surface area contributed by atoms with E-state index in [0.29, 0.717) is 22.9 Å². The van der Waals surface area contributed by atoms with Crippen LogP contribution in [0.15, 0.2) is 76.1 Å². The van der Waals surface area contributed by atoms with Gasteiger partial charge in [-0.15, -0.1) is 0 Å². The number of ether oxygens (including phenoxy) is 2. The van der Waals surface area contributed by atoms with Crippen LogP contribution in [-0.2, 0) is 10.0 Å². The summed E-state index contributed by atoms with van der Waals surface area (Å²) in [6, 6.07) is 18.8. The Morgan fingerprint density at radius 3 is 2.41 bits per heavy atom. The van der Waals surface area contributed by atoms with Crippen molar-refractivity contribution in [2.45, 2.75) is 11.8 Å². The molecule has 1 heterocycles. The van der Waals surface area contributed by atoms with E-state index in [9.17, 15) is 8.42 Å². The van der Waals surface area contributed by atoms with Gasteiger partial charge in [-0.05, 0) is 37.3 Å². The van der Waals surface area contributed by atoms with Crippen LogP contribution in [0, 0.1) is 6.92 Å². The minimum Gasteiger partial charge on any atom is -0.497 e. The highest BCUT2D eigenvalue weighted by molar-refractivity contribution is 7.92. The van der Waals surface area contributed by atoms with Crippen LogP contribution in [0.2, 0.25) is 0 Å². The molecule has 0 spiro atoms. The second kappa shape index (κ2) is 8.72. The lowest BCUT2D eigenvalue weighted by Crippen LogP contribution is -2.13. The molecular weight excluding hydrogens is 430 g/mol. The third-order valence-electron chi connectivity index (χ3n) is 4.78. The molecule has 1 N–H and O–H groups in total. The van der Waals surface area contributed by atoms with Crippen LogP contribution in [0.3, 0.4) is 0 Å². The Morgan fingerprint density at radius 2 is 1.69 bits per heavy atom. The molecule has 1 aromatic heterocycles. The van der Waals surface area contributed by atoms with Crippen molar-refractivity contribution in [1.82, 2.24) is 10.1 Å². The number of methoxy groups -OCH3 is 2. The first-order chi connectivity index (χ1) is 15.4. The monoisotopic (exact) mass is 451 g/mol. The van der Waals surface area contributed by atoms with Crippen LogP contribution in [0.5, 0.6) is 11.5 Å². The molecule has 0 unspecified atom stereocenters. The number of benzene rings is 3. The van der Waals surface area contributed by atoms with Crippen LogP contribution in [-0.4, -0.2) is 32.8 Å². The van der Waals surface area contributed by atoms with E-state index >= 15 is 0 Å². The molecular formula is C23H21N3O5S. The average Bonchev–Trinajstić information content (AvgIpc) is 3.30. The molecule has 0 amide bonds. The SMILES string of the molecule is COc1ccc(NS(=O)(=O)c2cccc(-c3nc(-c4ccc(C)cc4)no3)c2)c(OC)c1. The maximum absolute atomic E-state index is 13.0. The fourth-order valence-electron chi connectivity index (χ4n) is 3.04. The van der Waals surface area contributed by atoms with Crippen molar-refractivity contribution < 1.29 is 22.4 Å². The van der Waals surface area contributed by atoms with E-state index in [1.165, 1.54) is 26.4 Å². The number of rotatable bonds is 7. The van der Waals surface area contributed by atoms with E-state index in [2.05, 4.69) is 14.9 Å². The Hall–Kier alpha value is -3.85. The normalized spacial score (nSPS) is 11.2. The van der Waals surface area contributed by atoms with Gasteiger partial charge in [-0.1, -0.05) is 41.1 Å². The molecule has 0 aliphatic carbocycles. The predicted octanol–water partition coefficient (Wildman–Crippen LogP) is 4.53. The molecule has 9 heteroatoms. The highest BCUT2D eigenvalue weighted by Gasteiger charge is 2.19. The fraction of sp³-hybridized carbons (Fsp3) is 0.130. The second-order valence-corrected chi connectivity index (χ2v) is 8.67. The summed E-state index contributed by atoms with van der Waals surface area (Å²) in [6.07, 6.45) is 0. The first kappa shape index (κ1) is 21.4. The van der Waals surface area contributed by atoms with E-state index in [0.717, 1.165) is 11.1 Å². The average molecular weight is 452 g/mol. The van der Waals surface area contributed by atoms with Gasteiger partial charge < -0.3 is 14.0 Å². The van der Waals surface area contributed by atoms with Crippen LogP contribution < -0.4 is 14.2 Å². The van der Waals surface area contributed by atoms with Crippen molar-refractivity contribution in [3.05, 3.63) is 72.3 Å². The number of hydrogen-bond acceptors (Lipinski definition) is 7. The second-order valence-electron chi connectivity index (χ2n) is 6.99. The number of nitrogens with zero attached hydrogens (tertiary/aromatic N) is 2. The summed E-state index contributed by atoms with van der Waals surface area (Å²) in [7, 11) is -0.934. The quantitative estimate of drug-likeness (QED) is 0.440. The molecule has 0 fully saturated rings. The summed E-state index contributed by atoms with van der Waals surface area (Å²) in [5.41, 5.74) is 2.71. The maximum Gasteiger partial charge on any atom is 0.262 e. The number of aromatic nitrogens is 2. The Morgan fingerprint density at radius 1 is 0.906 bits per heavy atom. The van der Waals surface area contributed by atoms with Gasteiger partial charge in [0.25, 0.3) is 15.9 Å². The third-order valence-corrected chi connectivity index (χ3v) is 6.14. The molecule has 0 atom stereocenters. The van der Waals surface area contributed by atoms with Crippen molar-refractivity contribution in [3.63, 3.8) is 0 Å². The molecule has 8 nitrogen and oxygen atoms in total. The van der Waals surface area contributed by atoms with Crippen molar-refractivity contribution in [2.24, 2.45) is 0 Å². The standard InChI is InChI=1S/C23H21N3O5S/c1-15-7-9-16(10-8-15)22-24-23(31-25-22)17-5-4-6-19(13-17)32(27,28)26-20-12-11-18(29-2)14-21(20)30-3/h4-14,26H,1-3H3. The van der Waals surface area contributed by atoms with Crippen molar-refractivity contribution >= 4 is 15.7 Å². The minimum atomic E-state index is -3.91. The Balaban J connectivity index is 1.62. The van der Waals surface area contributed by atoms with Gasteiger partial charge in [0.15, 0.2) is 0 Å². The molecule has 0 aliphatic rings. The zero-order chi connectivity index (χ0) is 22.7. The van der Waals surface area contributed by atoms with E-state index < -0.39 is 10.0 Å². The smallest absolute Gasteiger partial charge is 0.262 e. The third kappa shape index (κ3) is 4.42. The number of aryl methyl sites for hydroxylation is 1. The number of anilines is 1. The van der Waals surface area contributed by atoms with E-state index in [4.69, 9.17) is 14.0 Å². The number of hydrogen-bond donors (Lipinski definition) is 1. The molecule has 0 bridgehead atoms. The van der Waals surface area contributed by atoms with Crippen molar-refractivity contribution in [1.29, 1.82) is 0 Å². The van der Waals surface area contributed by atoms with E-state index in [1.54, 1.807) is 30.3 Å². The zero-order valence-electron chi connectivity index (χ0n) is 17.7. The van der Waals surface area contributed by atoms with Crippen LogP contribution in [0.4, 0.5) is 5.69 Å². The molecule has 0 aliphatic heterocycles. The number of sulfonamides is 1. The topological polar surface area (TPSA) is 104 Å². The Labute approximate surface area is 185 Å². The fourth-order valence-corrected chi connectivity index (χ4v) is 4.16. The molecule has 4 aromatic rings. The summed E-state index contributed by atoms with van der Waals surface area (Å²) >= 11 is 0. The highest BCUT2D eigenvalue weighted by atomic mass is 32.2. The van der Waals surface area contributed by atoms with Crippen LogP contribution in [0.1, 0.15) is 5.56 Å². The highest BCUT2D eigenvalue weighted by Crippen LogP contribution is 2.31. The van der Waals surface area contributed by atoms with Gasteiger partial charge in [0.05, 0.1) is 24.8 Å². The minimum absolute atomic E-state index is 0.0444. The van der Waals surface area contributed by atoms with Gasteiger partial charge in [-0.2, -0.15) is 4.98 Å². The van der Waals surface area contributed by atoms with Crippen LogP contribution >= 0.6 is 0 Å². The lowest BCUT2D eigenvalue weighted by Gasteiger charge is -2.13. The van der Waals surface area contributed by atoms with Gasteiger partial charge in [-0.25, -0.2) is 8.42 Å². The summed E-state index contributed by atoms with van der Waals surface area (Å²) in [4.78, 5) is 4.45. The van der Waals surface area contributed by atoms with E-state index in [1.807, 2.05) is 31.2 Å². The first-order valence-electron chi connectivity index (χ1n) is 9.65. The van der Waals surface area contributed by atoms with Crippen molar-refractivity contribution in [2.75, 3.05) is 18.9 Å². The summed E-state index contributed by atoms with van der Waals surface area (Å²) in [5, 5.41) is 4.01. The molecule has 0 radical (unpaired) electrons. The van der Waals surface area contributed by atoms with Crippen molar-refractivity contribution in [3.8, 4) is 34.3 Å². The van der Waals surface area contributed by atoms with Gasteiger partial charge >= 0.3 is 0 Å². The molecule has 32 heavy (non-hydrogen) atoms. The molecule has 0 saturated carbocycles. The molecule has 0 saturated heterocycles.